The van der Waals surface area contributed by atoms with Crippen molar-refractivity contribution in [3.63, 3.8) is 0 Å². The molecular weight excluding hydrogens is 564 g/mol. The summed E-state index contributed by atoms with van der Waals surface area (Å²) in [6, 6.07) is 10.4. The lowest BCUT2D eigenvalue weighted by Gasteiger charge is -2.14. The molecule has 0 aromatic heterocycles. The molecule has 0 saturated heterocycles. The van der Waals surface area contributed by atoms with E-state index in [-0.39, 0.29) is 25.6 Å². The molecular formula is C17H17I2N3O4. The second kappa shape index (κ2) is 9.92. The average Bonchev–Trinajstić information content (AvgIpc) is 2.59. The predicted molar refractivity (Wildman–Crippen MR) is 116 cm³/mol. The molecule has 2 aromatic rings. The number of hydrogen-bond acceptors (Lipinski definition) is 6. The Bertz CT molecular complexity index is 797. The minimum Gasteiger partial charge on any atom is -0.486 e. The van der Waals surface area contributed by atoms with E-state index in [2.05, 4.69) is 50.5 Å². The first kappa shape index (κ1) is 20.7. The number of esters is 1. The quantitative estimate of drug-likeness (QED) is 0.125. The standard InChI is InChI=1S/C17H17I2N3O4/c18-11-7-13(19)16(25-6-5-23)14(8-11)26-15(24)9-22-12-3-1-10(2-4-12)17(20)21/h1-4,7-8,22-23H,5-6,9H2,(H3,20,21). The summed E-state index contributed by atoms with van der Waals surface area (Å²) in [5.41, 5.74) is 6.72. The molecule has 0 radical (unpaired) electrons. The van der Waals surface area contributed by atoms with E-state index in [9.17, 15) is 4.79 Å². The highest BCUT2D eigenvalue weighted by atomic mass is 127. The summed E-state index contributed by atoms with van der Waals surface area (Å²) in [7, 11) is 0. The third kappa shape index (κ3) is 5.99. The summed E-state index contributed by atoms with van der Waals surface area (Å²) < 4.78 is 12.6. The van der Waals surface area contributed by atoms with Gasteiger partial charge >= 0.3 is 5.97 Å². The molecule has 0 bridgehead atoms. The molecule has 7 nitrogen and oxygen atoms in total. The maximum Gasteiger partial charge on any atom is 0.330 e. The summed E-state index contributed by atoms with van der Waals surface area (Å²) in [4.78, 5) is 12.2. The molecule has 9 heteroatoms. The van der Waals surface area contributed by atoms with Crippen LogP contribution in [0.15, 0.2) is 36.4 Å². The highest BCUT2D eigenvalue weighted by Crippen LogP contribution is 2.34. The number of benzene rings is 2. The van der Waals surface area contributed by atoms with Crippen molar-refractivity contribution >= 4 is 62.7 Å². The van der Waals surface area contributed by atoms with Gasteiger partial charge in [0.15, 0.2) is 11.5 Å². The second-order valence-electron chi connectivity index (χ2n) is 5.11. The van der Waals surface area contributed by atoms with Crippen LogP contribution in [0.1, 0.15) is 5.56 Å². The van der Waals surface area contributed by atoms with Crippen molar-refractivity contribution in [2.45, 2.75) is 0 Å². The summed E-state index contributed by atoms with van der Waals surface area (Å²) in [5.74, 6) is 0.250. The molecule has 0 aliphatic rings. The smallest absolute Gasteiger partial charge is 0.330 e. The number of carbonyl (C=O) groups is 1. The SMILES string of the molecule is N=C(N)c1ccc(NCC(=O)Oc2cc(I)cc(I)c2OCCO)cc1. The van der Waals surface area contributed by atoms with E-state index in [0.717, 1.165) is 7.14 Å². The third-order valence-corrected chi connectivity index (χ3v) is 4.59. The van der Waals surface area contributed by atoms with Crippen molar-refractivity contribution in [2.75, 3.05) is 25.1 Å². The molecule has 0 aliphatic carbocycles. The van der Waals surface area contributed by atoms with Crippen LogP contribution in [0.2, 0.25) is 0 Å². The number of ether oxygens (including phenoxy) is 2. The van der Waals surface area contributed by atoms with Crippen LogP contribution in [0.4, 0.5) is 5.69 Å². The van der Waals surface area contributed by atoms with Gasteiger partial charge in [-0.3, -0.25) is 5.41 Å². The molecule has 0 aliphatic heterocycles. The topological polar surface area (TPSA) is 118 Å². The number of halogens is 2. The lowest BCUT2D eigenvalue weighted by Crippen LogP contribution is -2.20. The molecule has 0 unspecified atom stereocenters. The number of aliphatic hydroxyl groups is 1. The maximum atomic E-state index is 12.2. The van der Waals surface area contributed by atoms with Crippen molar-refractivity contribution in [3.05, 3.63) is 49.1 Å². The van der Waals surface area contributed by atoms with E-state index in [0.29, 0.717) is 22.7 Å². The minimum atomic E-state index is -0.479. The number of nitrogen functional groups attached to an aromatic ring is 1. The lowest BCUT2D eigenvalue weighted by atomic mass is 10.2. The van der Waals surface area contributed by atoms with E-state index < -0.39 is 5.97 Å². The largest absolute Gasteiger partial charge is 0.486 e. The Morgan fingerprint density at radius 2 is 1.92 bits per heavy atom. The molecule has 0 spiro atoms. The number of nitrogens with two attached hydrogens (primary N) is 1. The lowest BCUT2D eigenvalue weighted by molar-refractivity contribution is -0.132. The number of hydrogen-bond donors (Lipinski definition) is 4. The maximum absolute atomic E-state index is 12.2. The fourth-order valence-corrected chi connectivity index (χ4v) is 3.95. The van der Waals surface area contributed by atoms with Gasteiger partial charge in [0.25, 0.3) is 0 Å². The fraction of sp³-hybridized carbons (Fsp3) is 0.176. The first-order valence-corrected chi connectivity index (χ1v) is 9.68. The van der Waals surface area contributed by atoms with Crippen LogP contribution in [-0.4, -0.2) is 36.7 Å². The number of aliphatic hydroxyl groups excluding tert-OH is 1. The van der Waals surface area contributed by atoms with E-state index in [1.807, 2.05) is 6.07 Å². The Balaban J connectivity index is 2.01. The summed E-state index contributed by atoms with van der Waals surface area (Å²) >= 11 is 4.22. The number of anilines is 1. The van der Waals surface area contributed by atoms with Gasteiger partial charge < -0.3 is 25.6 Å². The van der Waals surface area contributed by atoms with Crippen LogP contribution in [0.3, 0.4) is 0 Å². The summed E-state index contributed by atoms with van der Waals surface area (Å²) in [5, 5.41) is 19.3. The van der Waals surface area contributed by atoms with Crippen LogP contribution in [0.5, 0.6) is 11.5 Å². The van der Waals surface area contributed by atoms with Gasteiger partial charge in [-0.15, -0.1) is 0 Å². The molecule has 2 aromatic carbocycles. The van der Waals surface area contributed by atoms with Crippen LogP contribution in [0.25, 0.3) is 0 Å². The molecule has 5 N–H and O–H groups in total. The van der Waals surface area contributed by atoms with Gasteiger partial charge in [0, 0.05) is 14.8 Å². The third-order valence-electron chi connectivity index (χ3n) is 3.17. The monoisotopic (exact) mass is 581 g/mol. The van der Waals surface area contributed by atoms with Crippen LogP contribution in [-0.2, 0) is 4.79 Å². The predicted octanol–water partition coefficient (Wildman–Crippen LogP) is 2.57. The zero-order chi connectivity index (χ0) is 19.1. The van der Waals surface area contributed by atoms with Crippen molar-refractivity contribution < 1.29 is 19.4 Å². The van der Waals surface area contributed by atoms with Gasteiger partial charge in [0.05, 0.1) is 10.2 Å². The minimum absolute atomic E-state index is 0.0142. The van der Waals surface area contributed by atoms with E-state index in [4.69, 9.17) is 25.7 Å². The molecule has 2 rings (SSSR count). The van der Waals surface area contributed by atoms with Crippen molar-refractivity contribution in [2.24, 2.45) is 5.73 Å². The van der Waals surface area contributed by atoms with Gasteiger partial charge in [0.1, 0.15) is 19.0 Å². The van der Waals surface area contributed by atoms with Crippen LogP contribution >= 0.6 is 45.2 Å². The molecule has 0 atom stereocenters. The highest BCUT2D eigenvalue weighted by Gasteiger charge is 2.15. The fourth-order valence-electron chi connectivity index (χ4n) is 2.00. The van der Waals surface area contributed by atoms with Gasteiger partial charge in [-0.05, 0) is 81.6 Å². The molecule has 138 valence electrons. The van der Waals surface area contributed by atoms with Gasteiger partial charge in [-0.1, -0.05) is 0 Å². The molecule has 0 saturated carbocycles. The zero-order valence-corrected chi connectivity index (χ0v) is 17.9. The Hall–Kier alpha value is -1.60. The van der Waals surface area contributed by atoms with Crippen molar-refractivity contribution in [1.82, 2.24) is 0 Å². The molecule has 0 amide bonds. The Morgan fingerprint density at radius 3 is 2.54 bits per heavy atom. The van der Waals surface area contributed by atoms with Gasteiger partial charge in [-0.25, -0.2) is 4.79 Å². The van der Waals surface area contributed by atoms with Crippen LogP contribution in [0, 0.1) is 12.5 Å². The first-order chi connectivity index (χ1) is 12.4. The molecule has 26 heavy (non-hydrogen) atoms. The highest BCUT2D eigenvalue weighted by molar-refractivity contribution is 14.1. The van der Waals surface area contributed by atoms with Crippen molar-refractivity contribution in [1.29, 1.82) is 5.41 Å². The molecule has 0 fully saturated rings. The van der Waals surface area contributed by atoms with E-state index >= 15 is 0 Å². The Kier molecular flexibility index (Phi) is 7.90. The first-order valence-electron chi connectivity index (χ1n) is 7.52. The Morgan fingerprint density at radius 1 is 1.23 bits per heavy atom. The Labute approximate surface area is 178 Å². The van der Waals surface area contributed by atoms with E-state index in [1.54, 1.807) is 30.3 Å². The van der Waals surface area contributed by atoms with Gasteiger partial charge in [-0.2, -0.15) is 0 Å². The summed E-state index contributed by atoms with van der Waals surface area (Å²) in [6.45, 7) is -0.0595. The van der Waals surface area contributed by atoms with Crippen molar-refractivity contribution in [3.8, 4) is 11.5 Å². The second-order valence-corrected chi connectivity index (χ2v) is 7.51. The average molecular weight is 581 g/mol. The number of nitrogens with one attached hydrogen (secondary N) is 2. The zero-order valence-electron chi connectivity index (χ0n) is 13.6. The molecule has 0 heterocycles. The number of rotatable bonds is 8. The summed E-state index contributed by atoms with van der Waals surface area (Å²) in [6.07, 6.45) is 0. The van der Waals surface area contributed by atoms with Crippen LogP contribution < -0.4 is 20.5 Å². The van der Waals surface area contributed by atoms with E-state index in [1.165, 1.54) is 0 Å². The normalized spacial score (nSPS) is 10.3. The number of amidine groups is 1. The number of carbonyl (C=O) groups excluding carboxylic acids is 1. The van der Waals surface area contributed by atoms with Gasteiger partial charge in [0.2, 0.25) is 0 Å².